The summed E-state index contributed by atoms with van der Waals surface area (Å²) in [6.07, 6.45) is 0. The number of anilines is 1. The van der Waals surface area contributed by atoms with Crippen LogP contribution in [0.25, 0.3) is 0 Å². The first-order valence-electron chi connectivity index (χ1n) is 5.78. The summed E-state index contributed by atoms with van der Waals surface area (Å²) in [5, 5.41) is 0.487. The molecule has 4 N–H and O–H groups in total. The highest BCUT2D eigenvalue weighted by atomic mass is 32.2. The largest absolute Gasteiger partial charge is 0.384 e. The quantitative estimate of drug-likeness (QED) is 0.663. The number of rotatable bonds is 4. The summed E-state index contributed by atoms with van der Waals surface area (Å²) in [5.74, 6) is -0.412. The number of amides is 1. The molecule has 0 fully saturated rings. The number of thioether (sulfide) groups is 1. The minimum Gasteiger partial charge on any atom is -0.384 e. The second-order valence-electron chi connectivity index (χ2n) is 4.18. The normalized spacial score (nSPS) is 10.5. The number of primary amides is 1. The number of nitrogen functional groups attached to an aromatic ring is 1. The van der Waals surface area contributed by atoms with E-state index in [9.17, 15) is 9.18 Å². The number of halogens is 1. The van der Waals surface area contributed by atoms with Gasteiger partial charge in [-0.1, -0.05) is 17.8 Å². The molecule has 0 aliphatic rings. The fraction of sp³-hybridized carbons (Fsp3) is 0.154. The highest BCUT2D eigenvalue weighted by Gasteiger charge is 2.09. The van der Waals surface area contributed by atoms with E-state index in [4.69, 9.17) is 11.5 Å². The number of benzene rings is 1. The molecular weight excluding hydrogens is 279 g/mol. The zero-order valence-electron chi connectivity index (χ0n) is 10.8. The molecular formula is C13H13FN4OS. The van der Waals surface area contributed by atoms with Crippen LogP contribution in [0.3, 0.4) is 0 Å². The van der Waals surface area contributed by atoms with E-state index < -0.39 is 11.7 Å². The van der Waals surface area contributed by atoms with Gasteiger partial charge in [-0.3, -0.25) is 4.79 Å². The van der Waals surface area contributed by atoms with E-state index in [1.807, 2.05) is 6.92 Å². The summed E-state index contributed by atoms with van der Waals surface area (Å²) < 4.78 is 13.8. The number of nitrogens with two attached hydrogens (primary N) is 2. The maximum Gasteiger partial charge on any atom is 0.248 e. The lowest BCUT2D eigenvalue weighted by atomic mass is 10.1. The van der Waals surface area contributed by atoms with Crippen LogP contribution in [-0.2, 0) is 5.75 Å². The number of hydrogen-bond acceptors (Lipinski definition) is 5. The Kier molecular flexibility index (Phi) is 4.19. The molecule has 5 nitrogen and oxygen atoms in total. The van der Waals surface area contributed by atoms with Crippen LogP contribution in [0.5, 0.6) is 0 Å². The fourth-order valence-corrected chi connectivity index (χ4v) is 2.49. The highest BCUT2D eigenvalue weighted by Crippen LogP contribution is 2.22. The fourth-order valence-electron chi connectivity index (χ4n) is 1.59. The zero-order valence-corrected chi connectivity index (χ0v) is 11.6. The number of aryl methyl sites for hydroxylation is 1. The average Bonchev–Trinajstić information content (AvgIpc) is 2.36. The molecule has 1 aromatic heterocycles. The van der Waals surface area contributed by atoms with Crippen LogP contribution in [0, 0.1) is 12.7 Å². The van der Waals surface area contributed by atoms with E-state index in [1.165, 1.54) is 23.9 Å². The molecule has 104 valence electrons. The first-order valence-corrected chi connectivity index (χ1v) is 6.76. The van der Waals surface area contributed by atoms with Crippen molar-refractivity contribution in [2.24, 2.45) is 5.73 Å². The Morgan fingerprint density at radius 3 is 2.70 bits per heavy atom. The monoisotopic (exact) mass is 292 g/mol. The summed E-state index contributed by atoms with van der Waals surface area (Å²) in [7, 11) is 0. The third-order valence-corrected chi connectivity index (χ3v) is 3.44. The van der Waals surface area contributed by atoms with Gasteiger partial charge in [-0.05, 0) is 24.6 Å². The summed E-state index contributed by atoms with van der Waals surface area (Å²) in [6, 6.07) is 5.81. The van der Waals surface area contributed by atoms with Crippen molar-refractivity contribution < 1.29 is 9.18 Å². The lowest BCUT2D eigenvalue weighted by Gasteiger charge is -2.05. The number of nitrogens with zero attached hydrogens (tertiary/aromatic N) is 2. The van der Waals surface area contributed by atoms with Crippen LogP contribution in [-0.4, -0.2) is 15.9 Å². The van der Waals surface area contributed by atoms with Crippen molar-refractivity contribution >= 4 is 23.5 Å². The van der Waals surface area contributed by atoms with Crippen LogP contribution in [0.15, 0.2) is 29.4 Å². The predicted molar refractivity (Wildman–Crippen MR) is 75.7 cm³/mol. The van der Waals surface area contributed by atoms with Crippen molar-refractivity contribution in [1.29, 1.82) is 0 Å². The van der Waals surface area contributed by atoms with Gasteiger partial charge in [-0.15, -0.1) is 0 Å². The molecule has 1 heterocycles. The van der Waals surface area contributed by atoms with Gasteiger partial charge in [0.1, 0.15) is 11.6 Å². The summed E-state index contributed by atoms with van der Waals surface area (Å²) in [5.41, 5.74) is 12.1. The molecule has 0 saturated carbocycles. The van der Waals surface area contributed by atoms with Crippen LogP contribution in [0.2, 0.25) is 0 Å². The topological polar surface area (TPSA) is 94.9 Å². The molecule has 2 aromatic rings. The van der Waals surface area contributed by atoms with Crippen molar-refractivity contribution in [1.82, 2.24) is 9.97 Å². The zero-order chi connectivity index (χ0) is 14.7. The van der Waals surface area contributed by atoms with Gasteiger partial charge in [0.2, 0.25) is 5.91 Å². The Labute approximate surface area is 119 Å². The number of carbonyl (C=O) groups is 1. The van der Waals surface area contributed by atoms with E-state index in [1.54, 1.807) is 6.07 Å². The lowest BCUT2D eigenvalue weighted by molar-refractivity contribution is 0.1000. The number of aromatic nitrogens is 2. The predicted octanol–water partition coefficient (Wildman–Crippen LogP) is 1.90. The van der Waals surface area contributed by atoms with Gasteiger partial charge in [0, 0.05) is 23.1 Å². The Balaban J connectivity index is 2.12. The second kappa shape index (κ2) is 5.87. The Bertz CT molecular complexity index is 643. The van der Waals surface area contributed by atoms with Crippen LogP contribution in [0.4, 0.5) is 10.2 Å². The minimum absolute atomic E-state index is 0.146. The highest BCUT2D eigenvalue weighted by molar-refractivity contribution is 7.98. The molecule has 2 rings (SSSR count). The third kappa shape index (κ3) is 3.45. The first kappa shape index (κ1) is 14.3. The Morgan fingerprint density at radius 1 is 1.35 bits per heavy atom. The summed E-state index contributed by atoms with van der Waals surface area (Å²) >= 11 is 1.27. The SMILES string of the molecule is Cc1cc(N)nc(SCc2ccc(C(N)=O)cc2F)n1. The average molecular weight is 292 g/mol. The van der Waals surface area contributed by atoms with E-state index >= 15 is 0 Å². The summed E-state index contributed by atoms with van der Waals surface area (Å²) in [6.45, 7) is 1.81. The van der Waals surface area contributed by atoms with Gasteiger partial charge in [0.15, 0.2) is 5.16 Å². The van der Waals surface area contributed by atoms with E-state index in [2.05, 4.69) is 9.97 Å². The molecule has 1 aromatic carbocycles. The molecule has 0 aliphatic heterocycles. The van der Waals surface area contributed by atoms with Gasteiger partial charge >= 0.3 is 0 Å². The standard InChI is InChI=1S/C13H13FN4OS/c1-7-4-11(15)18-13(17-7)20-6-9-3-2-8(12(16)19)5-10(9)14/h2-5H,6H2,1H3,(H2,16,19)(H2,15,17,18). The van der Waals surface area contributed by atoms with Crippen molar-refractivity contribution in [2.75, 3.05) is 5.73 Å². The molecule has 7 heteroatoms. The van der Waals surface area contributed by atoms with Crippen LogP contribution >= 0.6 is 11.8 Å². The Morgan fingerprint density at radius 2 is 2.10 bits per heavy atom. The van der Waals surface area contributed by atoms with Gasteiger partial charge in [-0.2, -0.15) is 0 Å². The smallest absolute Gasteiger partial charge is 0.248 e. The minimum atomic E-state index is -0.655. The van der Waals surface area contributed by atoms with Crippen molar-refractivity contribution in [3.8, 4) is 0 Å². The molecule has 0 atom stereocenters. The van der Waals surface area contributed by atoms with E-state index in [0.29, 0.717) is 22.3 Å². The maximum absolute atomic E-state index is 13.8. The molecule has 0 unspecified atom stereocenters. The lowest BCUT2D eigenvalue weighted by Crippen LogP contribution is -2.11. The second-order valence-corrected chi connectivity index (χ2v) is 5.12. The molecule has 1 amide bonds. The van der Waals surface area contributed by atoms with Crippen LogP contribution in [0.1, 0.15) is 21.6 Å². The molecule has 0 aliphatic carbocycles. The maximum atomic E-state index is 13.8. The Hall–Kier alpha value is -2.15. The van der Waals surface area contributed by atoms with Gasteiger partial charge < -0.3 is 11.5 Å². The number of hydrogen-bond donors (Lipinski definition) is 2. The van der Waals surface area contributed by atoms with Crippen molar-refractivity contribution in [3.63, 3.8) is 0 Å². The molecule has 0 spiro atoms. The molecule has 0 saturated heterocycles. The van der Waals surface area contributed by atoms with Gasteiger partial charge in [0.25, 0.3) is 0 Å². The molecule has 0 radical (unpaired) electrons. The first-order chi connectivity index (χ1) is 9.45. The van der Waals surface area contributed by atoms with E-state index in [0.717, 1.165) is 11.8 Å². The summed E-state index contributed by atoms with van der Waals surface area (Å²) in [4.78, 5) is 19.2. The van der Waals surface area contributed by atoms with E-state index in [-0.39, 0.29) is 5.56 Å². The van der Waals surface area contributed by atoms with Crippen molar-refractivity contribution in [2.45, 2.75) is 17.8 Å². The van der Waals surface area contributed by atoms with Gasteiger partial charge in [0.05, 0.1) is 0 Å². The van der Waals surface area contributed by atoms with Gasteiger partial charge in [-0.25, -0.2) is 14.4 Å². The van der Waals surface area contributed by atoms with Crippen LogP contribution < -0.4 is 11.5 Å². The molecule has 0 bridgehead atoms. The molecule has 20 heavy (non-hydrogen) atoms. The number of carbonyl (C=O) groups excluding carboxylic acids is 1. The van der Waals surface area contributed by atoms with Crippen molar-refractivity contribution in [3.05, 3.63) is 46.9 Å². The third-order valence-electron chi connectivity index (χ3n) is 2.55.